The minimum absolute atomic E-state index is 0.174. The van der Waals surface area contributed by atoms with E-state index in [0.29, 0.717) is 18.2 Å². The van der Waals surface area contributed by atoms with Crippen LogP contribution in [0.25, 0.3) is 0 Å². The third-order valence-corrected chi connectivity index (χ3v) is 3.81. The van der Waals surface area contributed by atoms with Crippen LogP contribution in [-0.2, 0) is 4.79 Å². The molecule has 2 rings (SSSR count). The predicted molar refractivity (Wildman–Crippen MR) is 56.9 cm³/mol. The van der Waals surface area contributed by atoms with E-state index in [-0.39, 0.29) is 5.41 Å². The second-order valence-electron chi connectivity index (χ2n) is 5.09. The highest BCUT2D eigenvalue weighted by molar-refractivity contribution is 5.78. The zero-order valence-electron chi connectivity index (χ0n) is 9.33. The molecule has 1 heterocycles. The molecular weight excluding hydrogens is 188 g/mol. The zero-order chi connectivity index (χ0) is 10.9. The van der Waals surface area contributed by atoms with Crippen LogP contribution < -0.4 is 0 Å². The molecule has 1 saturated heterocycles. The van der Waals surface area contributed by atoms with Crippen molar-refractivity contribution < 1.29 is 4.79 Å². The Balaban J connectivity index is 1.90. The summed E-state index contributed by atoms with van der Waals surface area (Å²) >= 11 is 0. The largest absolute Gasteiger partial charge is 0.342 e. The Morgan fingerprint density at radius 2 is 2.33 bits per heavy atom. The molecule has 82 valence electrons. The van der Waals surface area contributed by atoms with Crippen LogP contribution in [0.15, 0.2) is 0 Å². The lowest BCUT2D eigenvalue weighted by molar-refractivity contribution is -0.128. The van der Waals surface area contributed by atoms with Gasteiger partial charge in [-0.15, -0.1) is 0 Å². The summed E-state index contributed by atoms with van der Waals surface area (Å²) in [5.41, 5.74) is 0.174. The number of amides is 1. The Labute approximate surface area is 91.1 Å². The van der Waals surface area contributed by atoms with Crippen LogP contribution in [0.4, 0.5) is 0 Å². The fourth-order valence-corrected chi connectivity index (χ4v) is 2.42. The van der Waals surface area contributed by atoms with Gasteiger partial charge in [-0.25, -0.2) is 0 Å². The van der Waals surface area contributed by atoms with Crippen LogP contribution in [0.1, 0.15) is 39.0 Å². The van der Waals surface area contributed by atoms with Gasteiger partial charge < -0.3 is 4.90 Å². The van der Waals surface area contributed by atoms with Gasteiger partial charge in [0.15, 0.2) is 0 Å². The topological polar surface area (TPSA) is 44.1 Å². The van der Waals surface area contributed by atoms with Crippen molar-refractivity contribution in [3.8, 4) is 6.07 Å². The van der Waals surface area contributed by atoms with E-state index in [0.717, 1.165) is 38.8 Å². The summed E-state index contributed by atoms with van der Waals surface area (Å²) in [4.78, 5) is 13.7. The van der Waals surface area contributed by atoms with Crippen LogP contribution in [0.5, 0.6) is 0 Å². The van der Waals surface area contributed by atoms with Crippen molar-refractivity contribution in [2.24, 2.45) is 11.3 Å². The molecule has 3 heteroatoms. The summed E-state index contributed by atoms with van der Waals surface area (Å²) in [7, 11) is 0. The number of carbonyl (C=O) groups excluding carboxylic acids is 1. The number of rotatable bonds is 4. The summed E-state index contributed by atoms with van der Waals surface area (Å²) in [5, 5.41) is 8.73. The maximum absolute atomic E-state index is 11.7. The van der Waals surface area contributed by atoms with Crippen molar-refractivity contribution in [2.45, 2.75) is 39.0 Å². The van der Waals surface area contributed by atoms with E-state index in [1.54, 1.807) is 0 Å². The van der Waals surface area contributed by atoms with Gasteiger partial charge in [0.1, 0.15) is 0 Å². The van der Waals surface area contributed by atoms with Gasteiger partial charge in [-0.3, -0.25) is 4.79 Å². The molecule has 0 aromatic rings. The highest BCUT2D eigenvalue weighted by Crippen LogP contribution is 2.49. The van der Waals surface area contributed by atoms with Crippen molar-refractivity contribution in [1.82, 2.24) is 4.90 Å². The quantitative estimate of drug-likeness (QED) is 0.705. The van der Waals surface area contributed by atoms with Gasteiger partial charge in [0.2, 0.25) is 5.91 Å². The third-order valence-electron chi connectivity index (χ3n) is 3.81. The lowest BCUT2D eigenvalue weighted by Crippen LogP contribution is -2.31. The van der Waals surface area contributed by atoms with Crippen molar-refractivity contribution >= 4 is 5.91 Å². The second-order valence-corrected chi connectivity index (χ2v) is 5.09. The average Bonchev–Trinajstić information content (AvgIpc) is 2.87. The Morgan fingerprint density at radius 1 is 1.60 bits per heavy atom. The third kappa shape index (κ3) is 2.14. The van der Waals surface area contributed by atoms with Crippen LogP contribution in [0, 0.1) is 22.7 Å². The fraction of sp³-hybridized carbons (Fsp3) is 0.833. The lowest BCUT2D eigenvalue weighted by atomic mass is 10.0. The van der Waals surface area contributed by atoms with Crippen molar-refractivity contribution in [2.75, 3.05) is 13.1 Å². The Morgan fingerprint density at radius 3 is 2.80 bits per heavy atom. The number of nitrogens with zero attached hydrogens (tertiary/aromatic N) is 2. The van der Waals surface area contributed by atoms with E-state index in [9.17, 15) is 4.79 Å². The summed E-state index contributed by atoms with van der Waals surface area (Å²) in [5.74, 6) is 0.849. The van der Waals surface area contributed by atoms with Crippen LogP contribution in [0.2, 0.25) is 0 Å². The van der Waals surface area contributed by atoms with Gasteiger partial charge >= 0.3 is 0 Å². The van der Waals surface area contributed by atoms with Gasteiger partial charge in [0.25, 0.3) is 0 Å². The molecule has 1 aliphatic carbocycles. The second kappa shape index (κ2) is 3.84. The molecule has 0 aromatic heterocycles. The number of hydrogen-bond donors (Lipinski definition) is 0. The molecule has 1 unspecified atom stereocenters. The van der Waals surface area contributed by atoms with Gasteiger partial charge in [-0.2, -0.15) is 5.26 Å². The van der Waals surface area contributed by atoms with Gasteiger partial charge in [0, 0.05) is 31.3 Å². The summed E-state index contributed by atoms with van der Waals surface area (Å²) in [6, 6.07) is 2.25. The van der Waals surface area contributed by atoms with Gasteiger partial charge in [0.05, 0.1) is 6.07 Å². The first kappa shape index (κ1) is 10.5. The number of likely N-dealkylation sites (tertiary alicyclic amines) is 1. The van der Waals surface area contributed by atoms with Gasteiger partial charge in [-0.1, -0.05) is 13.3 Å². The van der Waals surface area contributed by atoms with E-state index in [2.05, 4.69) is 13.0 Å². The maximum Gasteiger partial charge on any atom is 0.222 e. The maximum atomic E-state index is 11.7. The monoisotopic (exact) mass is 206 g/mol. The number of nitriles is 1. The lowest BCUT2D eigenvalue weighted by Gasteiger charge is -2.21. The molecule has 0 N–H and O–H groups in total. The standard InChI is InChI=1S/C12H18N2O/c1-2-10-7-11(15)14(8-10)9-12(3-4-12)5-6-13/h10H,2-5,7-9H2,1H3. The minimum Gasteiger partial charge on any atom is -0.342 e. The van der Waals surface area contributed by atoms with E-state index in [1.165, 1.54) is 0 Å². The van der Waals surface area contributed by atoms with E-state index in [1.807, 2.05) is 4.90 Å². The van der Waals surface area contributed by atoms with Gasteiger partial charge in [-0.05, 0) is 18.8 Å². The average molecular weight is 206 g/mol. The van der Waals surface area contributed by atoms with E-state index >= 15 is 0 Å². The van der Waals surface area contributed by atoms with Crippen LogP contribution >= 0.6 is 0 Å². The van der Waals surface area contributed by atoms with Crippen molar-refractivity contribution in [3.63, 3.8) is 0 Å². The molecule has 2 fully saturated rings. The van der Waals surface area contributed by atoms with Crippen molar-refractivity contribution in [1.29, 1.82) is 5.26 Å². The highest BCUT2D eigenvalue weighted by atomic mass is 16.2. The Hall–Kier alpha value is -1.04. The minimum atomic E-state index is 0.174. The van der Waals surface area contributed by atoms with E-state index in [4.69, 9.17) is 5.26 Å². The molecule has 0 bridgehead atoms. The smallest absolute Gasteiger partial charge is 0.222 e. The number of carbonyl (C=O) groups is 1. The molecule has 1 saturated carbocycles. The summed E-state index contributed by atoms with van der Waals surface area (Å²) in [6.45, 7) is 3.89. The van der Waals surface area contributed by atoms with Crippen molar-refractivity contribution in [3.05, 3.63) is 0 Å². The Kier molecular flexibility index (Phi) is 2.68. The molecule has 1 aliphatic heterocycles. The molecule has 0 radical (unpaired) electrons. The highest BCUT2D eigenvalue weighted by Gasteiger charge is 2.45. The first-order valence-corrected chi connectivity index (χ1v) is 5.84. The summed E-state index contributed by atoms with van der Waals surface area (Å²) < 4.78 is 0. The van der Waals surface area contributed by atoms with Crippen LogP contribution in [-0.4, -0.2) is 23.9 Å². The molecule has 0 aromatic carbocycles. The fourth-order valence-electron chi connectivity index (χ4n) is 2.42. The normalized spacial score (nSPS) is 27.9. The Bertz CT molecular complexity index is 301. The molecule has 1 atom stereocenters. The molecule has 1 amide bonds. The number of hydrogen-bond acceptors (Lipinski definition) is 2. The predicted octanol–water partition coefficient (Wildman–Crippen LogP) is 1.94. The molecule has 2 aliphatic rings. The first-order valence-electron chi connectivity index (χ1n) is 5.84. The van der Waals surface area contributed by atoms with Crippen LogP contribution in [0.3, 0.4) is 0 Å². The summed E-state index contributed by atoms with van der Waals surface area (Å²) in [6.07, 6.45) is 4.68. The molecule has 3 nitrogen and oxygen atoms in total. The zero-order valence-corrected chi connectivity index (χ0v) is 9.33. The molecular formula is C12H18N2O. The SMILES string of the molecule is CCC1CC(=O)N(CC2(CC#N)CC2)C1. The first-order chi connectivity index (χ1) is 7.19. The molecule has 15 heavy (non-hydrogen) atoms. The molecule has 0 spiro atoms. The van der Waals surface area contributed by atoms with E-state index < -0.39 is 0 Å².